The molecule has 0 aliphatic carbocycles. The van der Waals surface area contributed by atoms with Gasteiger partial charge in [-0.2, -0.15) is 0 Å². The molecule has 2 N–H and O–H groups in total. The van der Waals surface area contributed by atoms with Gasteiger partial charge in [0.05, 0.1) is 5.92 Å². The van der Waals surface area contributed by atoms with Gasteiger partial charge < -0.3 is 10.4 Å². The molecule has 0 heterocycles. The van der Waals surface area contributed by atoms with Crippen molar-refractivity contribution >= 4 is 11.9 Å². The molecule has 1 aromatic rings. The van der Waals surface area contributed by atoms with E-state index in [9.17, 15) is 14.7 Å². The first-order valence-electron chi connectivity index (χ1n) is 7.30. The summed E-state index contributed by atoms with van der Waals surface area (Å²) < 4.78 is 0. The summed E-state index contributed by atoms with van der Waals surface area (Å²) >= 11 is 0. The van der Waals surface area contributed by atoms with Gasteiger partial charge in [0.2, 0.25) is 5.91 Å². The molecule has 0 bridgehead atoms. The molecule has 0 aromatic heterocycles. The molecule has 0 spiro atoms. The molecular weight excluding hydrogens is 266 g/mol. The predicted molar refractivity (Wildman–Crippen MR) is 83.1 cm³/mol. The second kappa shape index (κ2) is 7.25. The van der Waals surface area contributed by atoms with E-state index in [0.29, 0.717) is 11.5 Å². The maximum Gasteiger partial charge on any atom is 0.312 e. The van der Waals surface area contributed by atoms with Gasteiger partial charge in [-0.15, -0.1) is 0 Å². The van der Waals surface area contributed by atoms with Crippen molar-refractivity contribution in [3.8, 4) is 0 Å². The SMILES string of the molecule is CC(C)CC(C)(C)C(=O)NCC(C(=O)O)c1ccccc1. The van der Waals surface area contributed by atoms with Crippen molar-refractivity contribution in [2.75, 3.05) is 6.54 Å². The number of rotatable bonds is 7. The van der Waals surface area contributed by atoms with Gasteiger partial charge in [-0.1, -0.05) is 58.0 Å². The summed E-state index contributed by atoms with van der Waals surface area (Å²) in [6, 6.07) is 8.98. The van der Waals surface area contributed by atoms with Crippen LogP contribution in [0.15, 0.2) is 30.3 Å². The van der Waals surface area contributed by atoms with Gasteiger partial charge in [-0.25, -0.2) is 0 Å². The number of hydrogen-bond acceptors (Lipinski definition) is 2. The van der Waals surface area contributed by atoms with Crippen LogP contribution < -0.4 is 5.32 Å². The van der Waals surface area contributed by atoms with Crippen molar-refractivity contribution in [1.82, 2.24) is 5.32 Å². The van der Waals surface area contributed by atoms with Crippen molar-refractivity contribution in [2.24, 2.45) is 11.3 Å². The fourth-order valence-electron chi connectivity index (χ4n) is 2.58. The van der Waals surface area contributed by atoms with E-state index >= 15 is 0 Å². The fourth-order valence-corrected chi connectivity index (χ4v) is 2.58. The lowest BCUT2D eigenvalue weighted by Crippen LogP contribution is -2.40. The van der Waals surface area contributed by atoms with Crippen LogP contribution in [0.25, 0.3) is 0 Å². The number of nitrogens with one attached hydrogen (secondary N) is 1. The molecule has 4 heteroatoms. The van der Waals surface area contributed by atoms with E-state index in [-0.39, 0.29) is 12.5 Å². The summed E-state index contributed by atoms with van der Waals surface area (Å²) in [4.78, 5) is 23.6. The first-order chi connectivity index (χ1) is 9.74. The normalized spacial score (nSPS) is 13.0. The van der Waals surface area contributed by atoms with E-state index in [1.165, 1.54) is 0 Å². The number of hydrogen-bond donors (Lipinski definition) is 2. The smallest absolute Gasteiger partial charge is 0.312 e. The molecule has 0 saturated carbocycles. The van der Waals surface area contributed by atoms with Gasteiger partial charge in [0, 0.05) is 12.0 Å². The fraction of sp³-hybridized carbons (Fsp3) is 0.529. The summed E-state index contributed by atoms with van der Waals surface area (Å²) in [6.07, 6.45) is 0.766. The highest BCUT2D eigenvalue weighted by Crippen LogP contribution is 2.25. The first kappa shape index (κ1) is 17.2. The van der Waals surface area contributed by atoms with Crippen molar-refractivity contribution < 1.29 is 14.7 Å². The lowest BCUT2D eigenvalue weighted by Gasteiger charge is -2.26. The molecular formula is C17H25NO3. The van der Waals surface area contributed by atoms with Crippen LogP contribution in [0, 0.1) is 11.3 Å². The predicted octanol–water partition coefficient (Wildman–Crippen LogP) is 3.04. The standard InChI is InChI=1S/C17H25NO3/c1-12(2)10-17(3,4)16(21)18-11-14(15(19)20)13-8-6-5-7-9-13/h5-9,12,14H,10-11H2,1-4H3,(H,18,21)(H,19,20). The average molecular weight is 291 g/mol. The van der Waals surface area contributed by atoms with Crippen LogP contribution in [0.1, 0.15) is 45.6 Å². The first-order valence-corrected chi connectivity index (χ1v) is 7.30. The van der Waals surface area contributed by atoms with Crippen LogP contribution in [0.5, 0.6) is 0 Å². The molecule has 1 rings (SSSR count). The van der Waals surface area contributed by atoms with Crippen molar-refractivity contribution in [3.05, 3.63) is 35.9 Å². The van der Waals surface area contributed by atoms with Gasteiger partial charge >= 0.3 is 5.97 Å². The zero-order valence-electron chi connectivity index (χ0n) is 13.2. The van der Waals surface area contributed by atoms with Crippen LogP contribution in [0.4, 0.5) is 0 Å². The summed E-state index contributed by atoms with van der Waals surface area (Å²) in [7, 11) is 0. The van der Waals surface area contributed by atoms with E-state index in [4.69, 9.17) is 0 Å². The molecule has 116 valence electrons. The highest BCUT2D eigenvalue weighted by atomic mass is 16.4. The van der Waals surface area contributed by atoms with E-state index in [0.717, 1.165) is 6.42 Å². The Morgan fingerprint density at radius 2 is 1.76 bits per heavy atom. The lowest BCUT2D eigenvalue weighted by molar-refractivity contribution is -0.139. The van der Waals surface area contributed by atoms with Crippen molar-refractivity contribution in [3.63, 3.8) is 0 Å². The van der Waals surface area contributed by atoms with Crippen LogP contribution >= 0.6 is 0 Å². The van der Waals surface area contributed by atoms with Gasteiger partial charge in [-0.3, -0.25) is 9.59 Å². The molecule has 21 heavy (non-hydrogen) atoms. The number of carbonyl (C=O) groups excluding carboxylic acids is 1. The van der Waals surface area contributed by atoms with Crippen molar-refractivity contribution in [2.45, 2.75) is 40.0 Å². The van der Waals surface area contributed by atoms with E-state index < -0.39 is 17.3 Å². The maximum atomic E-state index is 12.3. The number of carboxylic acids is 1. The van der Waals surface area contributed by atoms with Crippen LogP contribution in [0.3, 0.4) is 0 Å². The monoisotopic (exact) mass is 291 g/mol. The molecule has 0 aliphatic rings. The zero-order valence-corrected chi connectivity index (χ0v) is 13.2. The van der Waals surface area contributed by atoms with Crippen molar-refractivity contribution in [1.29, 1.82) is 0 Å². The molecule has 0 saturated heterocycles. The number of aliphatic carboxylic acids is 1. The molecule has 4 nitrogen and oxygen atoms in total. The number of benzene rings is 1. The maximum absolute atomic E-state index is 12.3. The topological polar surface area (TPSA) is 66.4 Å². The zero-order chi connectivity index (χ0) is 16.0. The second-order valence-corrected chi connectivity index (χ2v) is 6.49. The molecule has 1 atom stereocenters. The second-order valence-electron chi connectivity index (χ2n) is 6.49. The van der Waals surface area contributed by atoms with E-state index in [1.807, 2.05) is 19.9 Å². The molecule has 1 unspecified atom stereocenters. The Balaban J connectivity index is 2.71. The Hall–Kier alpha value is -1.84. The Morgan fingerprint density at radius 1 is 1.19 bits per heavy atom. The summed E-state index contributed by atoms with van der Waals surface area (Å²) in [6.45, 7) is 8.03. The Morgan fingerprint density at radius 3 is 2.24 bits per heavy atom. The van der Waals surface area contributed by atoms with Crippen LogP contribution in [0.2, 0.25) is 0 Å². The van der Waals surface area contributed by atoms with Crippen LogP contribution in [-0.4, -0.2) is 23.5 Å². The third-order valence-corrected chi connectivity index (χ3v) is 3.50. The molecule has 1 amide bonds. The number of amides is 1. The minimum Gasteiger partial charge on any atom is -0.481 e. The van der Waals surface area contributed by atoms with Gasteiger partial charge in [0.25, 0.3) is 0 Å². The van der Waals surface area contributed by atoms with Gasteiger partial charge in [0.15, 0.2) is 0 Å². The molecule has 0 fully saturated rings. The molecule has 1 aromatic carbocycles. The summed E-state index contributed by atoms with van der Waals surface area (Å²) in [5.41, 5.74) is 0.209. The Bertz CT molecular complexity index is 480. The Kier molecular flexibility index (Phi) is 5.94. The van der Waals surface area contributed by atoms with Gasteiger partial charge in [-0.05, 0) is 17.9 Å². The molecule has 0 radical (unpaired) electrons. The van der Waals surface area contributed by atoms with E-state index in [2.05, 4.69) is 19.2 Å². The largest absolute Gasteiger partial charge is 0.481 e. The molecule has 0 aliphatic heterocycles. The third kappa shape index (κ3) is 5.21. The third-order valence-electron chi connectivity index (χ3n) is 3.50. The van der Waals surface area contributed by atoms with E-state index in [1.54, 1.807) is 24.3 Å². The highest BCUT2D eigenvalue weighted by molar-refractivity contribution is 5.83. The Labute approximate surface area is 126 Å². The number of carbonyl (C=O) groups is 2. The minimum atomic E-state index is -0.928. The van der Waals surface area contributed by atoms with Gasteiger partial charge in [0.1, 0.15) is 0 Å². The number of carboxylic acid groups (broad SMARTS) is 1. The average Bonchev–Trinajstić information content (AvgIpc) is 2.38. The lowest BCUT2D eigenvalue weighted by atomic mass is 9.83. The quantitative estimate of drug-likeness (QED) is 0.811. The highest BCUT2D eigenvalue weighted by Gasteiger charge is 2.30. The summed E-state index contributed by atoms with van der Waals surface area (Å²) in [5.74, 6) is -1.33. The van der Waals surface area contributed by atoms with Crippen LogP contribution in [-0.2, 0) is 9.59 Å². The minimum absolute atomic E-state index is 0.0987. The summed E-state index contributed by atoms with van der Waals surface area (Å²) in [5, 5.41) is 12.1.